The molecule has 0 saturated carbocycles. The predicted molar refractivity (Wildman–Crippen MR) is 114 cm³/mol. The van der Waals surface area contributed by atoms with Crippen LogP contribution in [0.5, 0.6) is 0 Å². The first kappa shape index (κ1) is 17.6. The van der Waals surface area contributed by atoms with Gasteiger partial charge in [0.25, 0.3) is 5.91 Å². The number of aromatic nitrogens is 2. The molecule has 1 N–H and O–H groups in total. The third-order valence-electron chi connectivity index (χ3n) is 4.83. The number of rotatable bonds is 3. The Balaban J connectivity index is 1.71. The molecule has 0 unspecified atom stereocenters. The fourth-order valence-corrected chi connectivity index (χ4v) is 3.46. The molecule has 0 atom stereocenters. The summed E-state index contributed by atoms with van der Waals surface area (Å²) in [5.41, 5.74) is 3.45. The lowest BCUT2D eigenvalue weighted by Crippen LogP contribution is -2.13. The zero-order chi connectivity index (χ0) is 20.5. The number of hydrogen-bond donors (Lipinski definition) is 1. The number of nitrogens with one attached hydrogen (secondary N) is 1. The van der Waals surface area contributed by atoms with Gasteiger partial charge in [-0.05, 0) is 42.5 Å². The number of pyridine rings is 1. The number of oxazole rings is 1. The molecule has 0 aliphatic carbocycles. The first-order valence-corrected chi connectivity index (χ1v) is 9.29. The van der Waals surface area contributed by atoms with Crippen LogP contribution < -0.4 is 5.32 Å². The molecule has 3 aromatic carbocycles. The molecular formula is C24H14N4O2. The highest BCUT2D eigenvalue weighted by molar-refractivity contribution is 6.13. The Kier molecular flexibility index (Phi) is 4.19. The molecule has 6 heteroatoms. The fraction of sp³-hybridized carbons (Fsp3) is 0. The van der Waals surface area contributed by atoms with Crippen molar-refractivity contribution in [1.29, 1.82) is 5.26 Å². The third kappa shape index (κ3) is 2.95. The van der Waals surface area contributed by atoms with Gasteiger partial charge in [-0.15, -0.1) is 0 Å². The molecule has 2 aromatic heterocycles. The maximum Gasteiger partial charge on any atom is 0.274 e. The van der Waals surface area contributed by atoms with Gasteiger partial charge in [0.1, 0.15) is 11.2 Å². The van der Waals surface area contributed by atoms with Gasteiger partial charge in [0.15, 0.2) is 5.58 Å². The quantitative estimate of drug-likeness (QED) is 0.459. The summed E-state index contributed by atoms with van der Waals surface area (Å²) in [6.45, 7) is 0. The number of hydrogen-bond acceptors (Lipinski definition) is 5. The number of anilines is 1. The first-order chi connectivity index (χ1) is 14.7. The molecule has 5 aromatic rings. The molecule has 0 aliphatic rings. The highest BCUT2D eigenvalue weighted by Crippen LogP contribution is 2.36. The molecule has 1 amide bonds. The highest BCUT2D eigenvalue weighted by atomic mass is 16.3. The van der Waals surface area contributed by atoms with Gasteiger partial charge in [-0.1, -0.05) is 30.3 Å². The van der Waals surface area contributed by atoms with E-state index in [1.165, 1.54) is 0 Å². The van der Waals surface area contributed by atoms with Crippen molar-refractivity contribution in [3.8, 4) is 17.5 Å². The second kappa shape index (κ2) is 7.15. The van der Waals surface area contributed by atoms with E-state index in [1.807, 2.05) is 42.5 Å². The van der Waals surface area contributed by atoms with E-state index >= 15 is 0 Å². The standard InChI is InChI=1S/C24H14N4O2/c25-14-15-11-12-19(27-23(29)20-9-3-4-13-26-20)22-16(15)6-5-7-17(22)24-28-18-8-1-2-10-21(18)30-24/h1-13H,(H,27,29). The molecule has 0 fully saturated rings. The van der Waals surface area contributed by atoms with Crippen molar-refractivity contribution in [2.75, 3.05) is 5.32 Å². The van der Waals surface area contributed by atoms with Crippen LogP contribution in [0.3, 0.4) is 0 Å². The van der Waals surface area contributed by atoms with Crippen LogP contribution in [0.15, 0.2) is 83.4 Å². The Morgan fingerprint density at radius 3 is 2.63 bits per heavy atom. The lowest BCUT2D eigenvalue weighted by atomic mass is 9.98. The number of amides is 1. The minimum absolute atomic E-state index is 0.300. The third-order valence-corrected chi connectivity index (χ3v) is 4.83. The number of benzene rings is 3. The van der Waals surface area contributed by atoms with Crippen LogP contribution in [0.1, 0.15) is 16.1 Å². The Hall–Kier alpha value is -4.50. The van der Waals surface area contributed by atoms with Crippen LogP contribution in [0.2, 0.25) is 0 Å². The van der Waals surface area contributed by atoms with Crippen LogP contribution in [0.4, 0.5) is 5.69 Å². The second-order valence-electron chi connectivity index (χ2n) is 6.66. The predicted octanol–water partition coefficient (Wildman–Crippen LogP) is 5.17. The summed E-state index contributed by atoms with van der Waals surface area (Å²) < 4.78 is 5.96. The zero-order valence-electron chi connectivity index (χ0n) is 15.7. The smallest absolute Gasteiger partial charge is 0.274 e. The molecule has 142 valence electrons. The number of nitrogens with zero attached hydrogens (tertiary/aromatic N) is 3. The zero-order valence-corrected chi connectivity index (χ0v) is 15.7. The van der Waals surface area contributed by atoms with Gasteiger partial charge in [0.05, 0.1) is 11.6 Å². The molecule has 0 radical (unpaired) electrons. The van der Waals surface area contributed by atoms with Crippen molar-refractivity contribution < 1.29 is 9.21 Å². The Labute approximate surface area is 171 Å². The molecule has 0 bridgehead atoms. The van der Waals surface area contributed by atoms with Crippen LogP contribution in [0.25, 0.3) is 33.3 Å². The van der Waals surface area contributed by atoms with Crippen LogP contribution in [-0.2, 0) is 0 Å². The molecule has 0 spiro atoms. The van der Waals surface area contributed by atoms with Crippen molar-refractivity contribution in [2.45, 2.75) is 0 Å². The molecule has 5 rings (SSSR count). The van der Waals surface area contributed by atoms with E-state index in [2.05, 4.69) is 21.4 Å². The normalized spacial score (nSPS) is 10.8. The number of fused-ring (bicyclic) bond motifs is 2. The summed E-state index contributed by atoms with van der Waals surface area (Å²) >= 11 is 0. The maximum absolute atomic E-state index is 12.7. The summed E-state index contributed by atoms with van der Waals surface area (Å²) in [6, 6.07) is 23.8. The average molecular weight is 390 g/mol. The number of para-hydroxylation sites is 2. The van der Waals surface area contributed by atoms with E-state index in [9.17, 15) is 10.1 Å². The molecule has 2 heterocycles. The van der Waals surface area contributed by atoms with Crippen molar-refractivity contribution in [1.82, 2.24) is 9.97 Å². The van der Waals surface area contributed by atoms with Gasteiger partial charge in [-0.3, -0.25) is 9.78 Å². The van der Waals surface area contributed by atoms with Gasteiger partial charge in [-0.2, -0.15) is 5.26 Å². The van der Waals surface area contributed by atoms with E-state index in [1.54, 1.807) is 36.5 Å². The lowest BCUT2D eigenvalue weighted by Gasteiger charge is -2.12. The minimum Gasteiger partial charge on any atom is -0.436 e. The van der Waals surface area contributed by atoms with Crippen molar-refractivity contribution >= 4 is 33.5 Å². The lowest BCUT2D eigenvalue weighted by molar-refractivity contribution is 0.102. The largest absolute Gasteiger partial charge is 0.436 e. The summed E-state index contributed by atoms with van der Waals surface area (Å²) in [4.78, 5) is 21.4. The maximum atomic E-state index is 12.7. The van der Waals surface area contributed by atoms with Crippen molar-refractivity contribution in [3.63, 3.8) is 0 Å². The van der Waals surface area contributed by atoms with E-state index in [0.717, 1.165) is 5.52 Å². The monoisotopic (exact) mass is 390 g/mol. The SMILES string of the molecule is N#Cc1ccc(NC(=O)c2ccccn2)c2c(-c3nc4ccccc4o3)cccc12. The second-order valence-corrected chi connectivity index (χ2v) is 6.66. The minimum atomic E-state index is -0.339. The Morgan fingerprint density at radius 2 is 1.83 bits per heavy atom. The summed E-state index contributed by atoms with van der Waals surface area (Å²) in [5.74, 6) is 0.0826. The highest BCUT2D eigenvalue weighted by Gasteiger charge is 2.18. The summed E-state index contributed by atoms with van der Waals surface area (Å²) in [6.07, 6.45) is 1.57. The van der Waals surface area contributed by atoms with E-state index in [0.29, 0.717) is 44.8 Å². The number of carbonyl (C=O) groups is 1. The van der Waals surface area contributed by atoms with Gasteiger partial charge in [-0.25, -0.2) is 4.98 Å². The number of carbonyl (C=O) groups excluding carboxylic acids is 1. The van der Waals surface area contributed by atoms with Crippen LogP contribution in [0, 0.1) is 11.3 Å². The van der Waals surface area contributed by atoms with Crippen molar-refractivity contribution in [3.05, 3.63) is 90.3 Å². The molecule has 0 saturated heterocycles. The number of nitriles is 1. The van der Waals surface area contributed by atoms with Gasteiger partial charge >= 0.3 is 0 Å². The van der Waals surface area contributed by atoms with Crippen molar-refractivity contribution in [2.24, 2.45) is 0 Å². The topological polar surface area (TPSA) is 91.8 Å². The van der Waals surface area contributed by atoms with Crippen LogP contribution >= 0.6 is 0 Å². The Bertz CT molecular complexity index is 1420. The van der Waals surface area contributed by atoms with Gasteiger partial charge < -0.3 is 9.73 Å². The molecular weight excluding hydrogens is 376 g/mol. The Morgan fingerprint density at radius 1 is 0.967 bits per heavy atom. The molecule has 30 heavy (non-hydrogen) atoms. The molecule has 6 nitrogen and oxygen atoms in total. The van der Waals surface area contributed by atoms with Gasteiger partial charge in [0, 0.05) is 28.2 Å². The molecule has 0 aliphatic heterocycles. The van der Waals surface area contributed by atoms with Gasteiger partial charge in [0.2, 0.25) is 5.89 Å². The first-order valence-electron chi connectivity index (χ1n) is 9.29. The summed E-state index contributed by atoms with van der Waals surface area (Å²) in [5, 5.41) is 13.9. The van der Waals surface area contributed by atoms with Crippen LogP contribution in [-0.4, -0.2) is 15.9 Å². The van der Waals surface area contributed by atoms with E-state index in [4.69, 9.17) is 4.42 Å². The van der Waals surface area contributed by atoms with E-state index in [-0.39, 0.29) is 5.91 Å². The fourth-order valence-electron chi connectivity index (χ4n) is 3.46. The average Bonchev–Trinajstić information content (AvgIpc) is 3.23. The van der Waals surface area contributed by atoms with E-state index < -0.39 is 0 Å². The summed E-state index contributed by atoms with van der Waals surface area (Å²) in [7, 11) is 0.